The third-order valence-corrected chi connectivity index (χ3v) is 5.19. The van der Waals surface area contributed by atoms with Gasteiger partial charge in [0.1, 0.15) is 5.82 Å². The van der Waals surface area contributed by atoms with Gasteiger partial charge in [-0.15, -0.1) is 0 Å². The van der Waals surface area contributed by atoms with Crippen LogP contribution >= 0.6 is 0 Å². The van der Waals surface area contributed by atoms with Crippen LogP contribution in [0.5, 0.6) is 0 Å². The summed E-state index contributed by atoms with van der Waals surface area (Å²) < 4.78 is 13.0. The average molecular weight is 320 g/mol. The van der Waals surface area contributed by atoms with Crippen LogP contribution in [0.3, 0.4) is 0 Å². The van der Waals surface area contributed by atoms with E-state index in [0.717, 1.165) is 25.8 Å². The minimum atomic E-state index is -0.789. The summed E-state index contributed by atoms with van der Waals surface area (Å²) in [6.07, 6.45) is 4.65. The Labute approximate surface area is 136 Å². The van der Waals surface area contributed by atoms with Crippen LogP contribution in [-0.2, 0) is 0 Å². The number of nitrogens with zero attached hydrogens (tertiary/aromatic N) is 1. The summed E-state index contributed by atoms with van der Waals surface area (Å²) in [4.78, 5) is 14.2. The second-order valence-corrected chi connectivity index (χ2v) is 6.96. The van der Waals surface area contributed by atoms with E-state index in [-0.39, 0.29) is 24.4 Å². The van der Waals surface area contributed by atoms with Crippen LogP contribution in [0.15, 0.2) is 24.3 Å². The topological polar surface area (TPSA) is 52.6 Å². The molecule has 1 atom stereocenters. The minimum Gasteiger partial charge on any atom is -0.387 e. The Bertz CT molecular complexity index is 553. The molecular weight excluding hydrogens is 295 g/mol. The van der Waals surface area contributed by atoms with Crippen molar-refractivity contribution in [2.45, 2.75) is 51.2 Å². The number of carbonyl (C=O) groups is 1. The fraction of sp³-hybridized carbons (Fsp3) is 0.611. The second kappa shape index (κ2) is 6.48. The molecule has 0 aliphatic heterocycles. The van der Waals surface area contributed by atoms with Crippen molar-refractivity contribution in [1.29, 1.82) is 0 Å². The van der Waals surface area contributed by atoms with Crippen LogP contribution < -0.4 is 5.32 Å². The summed E-state index contributed by atoms with van der Waals surface area (Å²) >= 11 is 0. The largest absolute Gasteiger partial charge is 0.387 e. The molecule has 5 heteroatoms. The van der Waals surface area contributed by atoms with Gasteiger partial charge in [0.25, 0.3) is 0 Å². The zero-order chi connectivity index (χ0) is 16.4. The Morgan fingerprint density at radius 1 is 1.39 bits per heavy atom. The number of rotatable bonds is 7. The number of aliphatic hydroxyl groups excluding tert-OH is 1. The maximum Gasteiger partial charge on any atom is 0.317 e. The molecule has 4 nitrogen and oxygen atoms in total. The molecule has 2 aliphatic carbocycles. The van der Waals surface area contributed by atoms with Gasteiger partial charge < -0.3 is 15.3 Å². The van der Waals surface area contributed by atoms with Crippen LogP contribution in [0, 0.1) is 11.2 Å². The van der Waals surface area contributed by atoms with Gasteiger partial charge in [-0.2, -0.15) is 0 Å². The Morgan fingerprint density at radius 3 is 2.57 bits per heavy atom. The quantitative estimate of drug-likeness (QED) is 0.810. The molecule has 2 fully saturated rings. The van der Waals surface area contributed by atoms with E-state index in [9.17, 15) is 14.3 Å². The smallest absolute Gasteiger partial charge is 0.317 e. The lowest BCUT2D eigenvalue weighted by molar-refractivity contribution is 0.117. The van der Waals surface area contributed by atoms with Crippen LogP contribution in [0.1, 0.15) is 50.7 Å². The Hall–Kier alpha value is -1.62. The number of benzene rings is 1. The van der Waals surface area contributed by atoms with Gasteiger partial charge in [-0.1, -0.05) is 19.1 Å². The Morgan fingerprint density at radius 2 is 2.04 bits per heavy atom. The van der Waals surface area contributed by atoms with Gasteiger partial charge in [-0.05, 0) is 55.2 Å². The standard InChI is InChI=1S/C18H25FN2O2/c1-2-18(9-10-18)12-20-17(23)21(15-7-8-15)11-16(22)13-3-5-14(19)6-4-13/h3-6,15-16,22H,2,7-12H2,1H3,(H,20,23). The third kappa shape index (κ3) is 4.02. The van der Waals surface area contributed by atoms with Crippen molar-refractivity contribution in [1.82, 2.24) is 10.2 Å². The van der Waals surface area contributed by atoms with Crippen molar-refractivity contribution in [2.75, 3.05) is 13.1 Å². The third-order valence-electron chi connectivity index (χ3n) is 5.19. The normalized spacial score (nSPS) is 20.0. The van der Waals surface area contributed by atoms with E-state index < -0.39 is 6.10 Å². The maximum absolute atomic E-state index is 13.0. The molecule has 1 aromatic carbocycles. The Balaban J connectivity index is 1.57. The molecule has 0 aromatic heterocycles. The fourth-order valence-electron chi connectivity index (χ4n) is 2.96. The predicted octanol–water partition coefficient (Wildman–Crippen LogP) is 3.22. The summed E-state index contributed by atoms with van der Waals surface area (Å²) in [6, 6.07) is 5.93. The highest BCUT2D eigenvalue weighted by molar-refractivity contribution is 5.75. The first-order valence-corrected chi connectivity index (χ1v) is 8.51. The number of urea groups is 1. The number of nitrogens with one attached hydrogen (secondary N) is 1. The molecule has 0 saturated heterocycles. The molecule has 1 aromatic rings. The van der Waals surface area contributed by atoms with Crippen LogP contribution in [0.25, 0.3) is 0 Å². The van der Waals surface area contributed by atoms with Crippen molar-refractivity contribution >= 4 is 6.03 Å². The number of amides is 2. The fourth-order valence-corrected chi connectivity index (χ4v) is 2.96. The van der Waals surface area contributed by atoms with E-state index in [1.807, 2.05) is 0 Å². The SMILES string of the molecule is CCC1(CNC(=O)N(CC(O)c2ccc(F)cc2)C2CC2)CC1. The highest BCUT2D eigenvalue weighted by atomic mass is 19.1. The van der Waals surface area contributed by atoms with Gasteiger partial charge in [-0.25, -0.2) is 9.18 Å². The summed E-state index contributed by atoms with van der Waals surface area (Å²) in [5, 5.41) is 13.4. The van der Waals surface area contributed by atoms with E-state index >= 15 is 0 Å². The van der Waals surface area contributed by atoms with Gasteiger partial charge in [0.05, 0.1) is 12.6 Å². The molecule has 0 spiro atoms. The van der Waals surface area contributed by atoms with Crippen molar-refractivity contribution < 1.29 is 14.3 Å². The van der Waals surface area contributed by atoms with Crippen molar-refractivity contribution in [2.24, 2.45) is 5.41 Å². The predicted molar refractivity (Wildman–Crippen MR) is 86.4 cm³/mol. The lowest BCUT2D eigenvalue weighted by Gasteiger charge is -2.27. The molecule has 0 heterocycles. The highest BCUT2D eigenvalue weighted by Gasteiger charge is 2.42. The van der Waals surface area contributed by atoms with Crippen LogP contribution in [-0.4, -0.2) is 35.2 Å². The molecule has 0 bridgehead atoms. The summed E-state index contributed by atoms with van der Waals surface area (Å²) in [5.41, 5.74) is 0.942. The van der Waals surface area contributed by atoms with Gasteiger partial charge >= 0.3 is 6.03 Å². The summed E-state index contributed by atoms with van der Waals surface area (Å²) in [7, 11) is 0. The molecule has 2 saturated carbocycles. The molecule has 2 N–H and O–H groups in total. The van der Waals surface area contributed by atoms with Crippen molar-refractivity contribution in [3.63, 3.8) is 0 Å². The number of hydrogen-bond acceptors (Lipinski definition) is 2. The van der Waals surface area contributed by atoms with Gasteiger partial charge in [0.15, 0.2) is 0 Å². The molecule has 23 heavy (non-hydrogen) atoms. The van der Waals surface area contributed by atoms with E-state index in [1.165, 1.54) is 25.0 Å². The van der Waals surface area contributed by atoms with E-state index in [0.29, 0.717) is 11.0 Å². The lowest BCUT2D eigenvalue weighted by atomic mass is 10.0. The van der Waals surface area contributed by atoms with Gasteiger partial charge in [0.2, 0.25) is 0 Å². The van der Waals surface area contributed by atoms with Gasteiger partial charge in [0, 0.05) is 12.6 Å². The van der Waals surface area contributed by atoms with Crippen molar-refractivity contribution in [3.8, 4) is 0 Å². The molecule has 2 amide bonds. The zero-order valence-corrected chi connectivity index (χ0v) is 13.6. The highest BCUT2D eigenvalue weighted by Crippen LogP contribution is 2.47. The van der Waals surface area contributed by atoms with Crippen LogP contribution in [0.2, 0.25) is 0 Å². The van der Waals surface area contributed by atoms with Crippen LogP contribution in [0.4, 0.5) is 9.18 Å². The number of hydrogen-bond donors (Lipinski definition) is 2. The van der Waals surface area contributed by atoms with E-state index in [4.69, 9.17) is 0 Å². The molecule has 1 unspecified atom stereocenters. The monoisotopic (exact) mass is 320 g/mol. The molecule has 3 rings (SSSR count). The minimum absolute atomic E-state index is 0.0895. The molecule has 0 radical (unpaired) electrons. The summed E-state index contributed by atoms with van der Waals surface area (Å²) in [5.74, 6) is -0.327. The first-order chi connectivity index (χ1) is 11.0. The zero-order valence-electron chi connectivity index (χ0n) is 13.6. The first kappa shape index (κ1) is 16.2. The Kier molecular flexibility index (Phi) is 4.57. The molecule has 126 valence electrons. The first-order valence-electron chi connectivity index (χ1n) is 8.51. The maximum atomic E-state index is 13.0. The number of aliphatic hydroxyl groups is 1. The van der Waals surface area contributed by atoms with Gasteiger partial charge in [-0.3, -0.25) is 0 Å². The van der Waals surface area contributed by atoms with E-state index in [2.05, 4.69) is 12.2 Å². The molecule has 2 aliphatic rings. The number of carbonyl (C=O) groups excluding carboxylic acids is 1. The lowest BCUT2D eigenvalue weighted by Crippen LogP contribution is -2.45. The van der Waals surface area contributed by atoms with Crippen molar-refractivity contribution in [3.05, 3.63) is 35.6 Å². The number of halogens is 1. The summed E-state index contributed by atoms with van der Waals surface area (Å²) in [6.45, 7) is 3.13. The molecular formula is C18H25FN2O2. The average Bonchev–Trinajstić information content (AvgIpc) is 3.46. The van der Waals surface area contributed by atoms with E-state index in [1.54, 1.807) is 17.0 Å². The second-order valence-electron chi connectivity index (χ2n) is 6.96.